The van der Waals surface area contributed by atoms with Crippen LogP contribution in [-0.4, -0.2) is 12.9 Å². The predicted molar refractivity (Wildman–Crippen MR) is 72.1 cm³/mol. The molecule has 20 heavy (non-hydrogen) atoms. The number of rotatable bonds is 4. The second-order valence-electron chi connectivity index (χ2n) is 4.54. The number of ketones is 1. The lowest BCUT2D eigenvalue weighted by Gasteiger charge is -2.09. The molecule has 0 heterocycles. The van der Waals surface area contributed by atoms with E-state index < -0.39 is 11.6 Å². The van der Waals surface area contributed by atoms with E-state index in [9.17, 15) is 13.6 Å². The van der Waals surface area contributed by atoms with Crippen LogP contribution in [0.4, 0.5) is 8.78 Å². The average Bonchev–Trinajstić information content (AvgIpc) is 2.41. The number of carbonyl (C=O) groups is 1. The van der Waals surface area contributed by atoms with E-state index in [2.05, 4.69) is 0 Å². The van der Waals surface area contributed by atoms with Gasteiger partial charge in [-0.2, -0.15) is 0 Å². The van der Waals surface area contributed by atoms with Gasteiger partial charge in [0.1, 0.15) is 17.4 Å². The van der Waals surface area contributed by atoms with Gasteiger partial charge < -0.3 is 4.74 Å². The van der Waals surface area contributed by atoms with Crippen molar-refractivity contribution < 1.29 is 18.3 Å². The molecule has 0 bridgehead atoms. The summed E-state index contributed by atoms with van der Waals surface area (Å²) < 4.78 is 31.5. The number of hydrogen-bond donors (Lipinski definition) is 0. The highest BCUT2D eigenvalue weighted by molar-refractivity contribution is 6.00. The molecule has 2 aromatic rings. The Kier molecular flexibility index (Phi) is 4.13. The highest BCUT2D eigenvalue weighted by Crippen LogP contribution is 2.22. The Balaban J connectivity index is 2.30. The van der Waals surface area contributed by atoms with Crippen LogP contribution >= 0.6 is 0 Å². The SMILES string of the molecule is COc1ccc(C)cc1C(=O)Cc1ccc(F)cc1F. The van der Waals surface area contributed by atoms with E-state index in [1.165, 1.54) is 13.2 Å². The maximum atomic E-state index is 13.6. The lowest BCUT2D eigenvalue weighted by molar-refractivity contribution is 0.0988. The summed E-state index contributed by atoms with van der Waals surface area (Å²) in [6.45, 7) is 1.86. The van der Waals surface area contributed by atoms with Gasteiger partial charge >= 0.3 is 0 Å². The Morgan fingerprint density at radius 1 is 1.15 bits per heavy atom. The van der Waals surface area contributed by atoms with Gasteiger partial charge in [-0.1, -0.05) is 17.7 Å². The summed E-state index contributed by atoms with van der Waals surface area (Å²) in [4.78, 5) is 12.2. The van der Waals surface area contributed by atoms with E-state index in [-0.39, 0.29) is 17.8 Å². The first kappa shape index (κ1) is 14.2. The van der Waals surface area contributed by atoms with Gasteiger partial charge in [0, 0.05) is 12.5 Å². The quantitative estimate of drug-likeness (QED) is 0.796. The molecule has 2 rings (SSSR count). The molecule has 0 fully saturated rings. The molecule has 0 aliphatic heterocycles. The standard InChI is InChI=1S/C16H14F2O2/c1-10-3-6-16(20-2)13(7-10)15(19)8-11-4-5-12(17)9-14(11)18/h3-7,9H,8H2,1-2H3. The van der Waals surface area contributed by atoms with Gasteiger partial charge in [0.25, 0.3) is 0 Å². The van der Waals surface area contributed by atoms with Gasteiger partial charge in [0.15, 0.2) is 5.78 Å². The maximum absolute atomic E-state index is 13.6. The Morgan fingerprint density at radius 3 is 2.55 bits per heavy atom. The second-order valence-corrected chi connectivity index (χ2v) is 4.54. The molecule has 0 saturated heterocycles. The molecule has 0 N–H and O–H groups in total. The molecule has 0 unspecified atom stereocenters. The topological polar surface area (TPSA) is 26.3 Å². The number of methoxy groups -OCH3 is 1. The number of Topliss-reactive ketones (excluding diaryl/α,β-unsaturated/α-hetero) is 1. The zero-order chi connectivity index (χ0) is 14.7. The Morgan fingerprint density at radius 2 is 1.90 bits per heavy atom. The molecular formula is C16H14F2O2. The number of halogens is 2. The van der Waals surface area contributed by atoms with Gasteiger partial charge in [0.2, 0.25) is 0 Å². The van der Waals surface area contributed by atoms with E-state index in [1.807, 2.05) is 13.0 Å². The molecule has 0 spiro atoms. The van der Waals surface area contributed by atoms with E-state index in [0.717, 1.165) is 17.7 Å². The molecular weight excluding hydrogens is 262 g/mol. The summed E-state index contributed by atoms with van der Waals surface area (Å²) >= 11 is 0. The van der Waals surface area contributed by atoms with Gasteiger partial charge in [-0.25, -0.2) is 8.78 Å². The first-order chi connectivity index (χ1) is 9.51. The number of aryl methyl sites for hydroxylation is 1. The third-order valence-corrected chi connectivity index (χ3v) is 3.02. The molecule has 0 amide bonds. The van der Waals surface area contributed by atoms with Crippen LogP contribution in [0.3, 0.4) is 0 Å². The minimum absolute atomic E-state index is 0.133. The van der Waals surface area contributed by atoms with E-state index in [4.69, 9.17) is 4.74 Å². The van der Waals surface area contributed by atoms with Crippen molar-refractivity contribution in [1.29, 1.82) is 0 Å². The van der Waals surface area contributed by atoms with Gasteiger partial charge in [-0.15, -0.1) is 0 Å². The van der Waals surface area contributed by atoms with Crippen molar-refractivity contribution in [2.24, 2.45) is 0 Å². The summed E-state index contributed by atoms with van der Waals surface area (Å²) in [5.41, 5.74) is 1.48. The van der Waals surface area contributed by atoms with Crippen LogP contribution < -0.4 is 4.74 Å². The second kappa shape index (κ2) is 5.82. The highest BCUT2D eigenvalue weighted by atomic mass is 19.1. The van der Waals surface area contributed by atoms with Crippen LogP contribution in [0.5, 0.6) is 5.75 Å². The van der Waals surface area contributed by atoms with Crippen LogP contribution in [0.1, 0.15) is 21.5 Å². The first-order valence-electron chi connectivity index (χ1n) is 6.13. The predicted octanol–water partition coefficient (Wildman–Crippen LogP) is 3.71. The summed E-state index contributed by atoms with van der Waals surface area (Å²) in [7, 11) is 1.47. The third kappa shape index (κ3) is 3.02. The normalized spacial score (nSPS) is 10.4. The van der Waals surface area contributed by atoms with Gasteiger partial charge in [0.05, 0.1) is 12.7 Å². The molecule has 0 radical (unpaired) electrons. The van der Waals surface area contributed by atoms with Crippen LogP contribution in [0.15, 0.2) is 36.4 Å². The summed E-state index contributed by atoms with van der Waals surface area (Å²) in [5, 5.41) is 0. The molecule has 104 valence electrons. The number of benzene rings is 2. The Labute approximate surface area is 116 Å². The molecule has 0 aliphatic carbocycles. The first-order valence-corrected chi connectivity index (χ1v) is 6.13. The number of hydrogen-bond acceptors (Lipinski definition) is 2. The molecule has 0 aliphatic rings. The summed E-state index contributed by atoms with van der Waals surface area (Å²) in [6.07, 6.45) is -0.133. The summed E-state index contributed by atoms with van der Waals surface area (Å²) in [6, 6.07) is 8.42. The van der Waals surface area contributed by atoms with E-state index in [1.54, 1.807) is 12.1 Å². The monoisotopic (exact) mass is 276 g/mol. The molecule has 2 aromatic carbocycles. The highest BCUT2D eigenvalue weighted by Gasteiger charge is 2.15. The van der Waals surface area contributed by atoms with Crippen LogP contribution in [-0.2, 0) is 6.42 Å². The largest absolute Gasteiger partial charge is 0.496 e. The minimum atomic E-state index is -0.718. The number of ether oxygens (including phenoxy) is 1. The molecule has 2 nitrogen and oxygen atoms in total. The van der Waals surface area contributed by atoms with Crippen LogP contribution in [0.25, 0.3) is 0 Å². The maximum Gasteiger partial charge on any atom is 0.171 e. The van der Waals surface area contributed by atoms with Gasteiger partial charge in [-0.3, -0.25) is 4.79 Å². The van der Waals surface area contributed by atoms with E-state index >= 15 is 0 Å². The molecule has 4 heteroatoms. The van der Waals surface area contributed by atoms with Crippen molar-refractivity contribution >= 4 is 5.78 Å². The fraction of sp³-hybridized carbons (Fsp3) is 0.188. The fourth-order valence-electron chi connectivity index (χ4n) is 1.97. The van der Waals surface area contributed by atoms with Crippen molar-refractivity contribution in [3.63, 3.8) is 0 Å². The van der Waals surface area contributed by atoms with Crippen LogP contribution in [0.2, 0.25) is 0 Å². The minimum Gasteiger partial charge on any atom is -0.496 e. The van der Waals surface area contributed by atoms with Crippen LogP contribution in [0, 0.1) is 18.6 Å². The Hall–Kier alpha value is -2.23. The van der Waals surface area contributed by atoms with Crippen molar-refractivity contribution in [2.75, 3.05) is 7.11 Å². The third-order valence-electron chi connectivity index (χ3n) is 3.02. The van der Waals surface area contributed by atoms with Gasteiger partial charge in [-0.05, 0) is 30.7 Å². The van der Waals surface area contributed by atoms with E-state index in [0.29, 0.717) is 11.3 Å². The van der Waals surface area contributed by atoms with Crippen molar-refractivity contribution in [2.45, 2.75) is 13.3 Å². The lowest BCUT2D eigenvalue weighted by atomic mass is 10.00. The fourth-order valence-corrected chi connectivity index (χ4v) is 1.97. The molecule has 0 saturated carbocycles. The lowest BCUT2D eigenvalue weighted by Crippen LogP contribution is -2.07. The van der Waals surface area contributed by atoms with Crippen molar-refractivity contribution in [3.05, 3.63) is 64.7 Å². The van der Waals surface area contributed by atoms with Crippen molar-refractivity contribution in [1.82, 2.24) is 0 Å². The molecule has 0 aromatic heterocycles. The smallest absolute Gasteiger partial charge is 0.171 e. The molecule has 0 atom stereocenters. The zero-order valence-corrected chi connectivity index (χ0v) is 11.2. The average molecular weight is 276 g/mol. The summed E-state index contributed by atoms with van der Waals surface area (Å²) in [5.74, 6) is -1.20. The van der Waals surface area contributed by atoms with Crippen molar-refractivity contribution in [3.8, 4) is 5.75 Å². The number of carbonyl (C=O) groups excluding carboxylic acids is 1. The zero-order valence-electron chi connectivity index (χ0n) is 11.2. The Bertz CT molecular complexity index is 651.